The van der Waals surface area contributed by atoms with E-state index in [4.69, 9.17) is 10.00 Å². The lowest BCUT2D eigenvalue weighted by atomic mass is 10.1. The third-order valence-electron chi connectivity index (χ3n) is 2.62. The van der Waals surface area contributed by atoms with E-state index in [2.05, 4.69) is 17.1 Å². The van der Waals surface area contributed by atoms with Crippen molar-refractivity contribution >= 4 is 11.3 Å². The second kappa shape index (κ2) is 5.85. The van der Waals surface area contributed by atoms with E-state index in [0.29, 0.717) is 6.42 Å². The van der Waals surface area contributed by atoms with Crippen molar-refractivity contribution < 1.29 is 4.74 Å². The van der Waals surface area contributed by atoms with E-state index in [1.54, 1.807) is 0 Å². The summed E-state index contributed by atoms with van der Waals surface area (Å²) in [5.41, 5.74) is 3.09. The highest BCUT2D eigenvalue weighted by molar-refractivity contribution is 7.10. The summed E-state index contributed by atoms with van der Waals surface area (Å²) >= 11 is 1.52. The number of ether oxygens (including phenoxy) is 1. The Kier molecular flexibility index (Phi) is 4.18. The fourth-order valence-electron chi connectivity index (χ4n) is 1.79. The van der Waals surface area contributed by atoms with Crippen LogP contribution < -0.4 is 4.74 Å². The Morgan fingerprint density at radius 2 is 2.21 bits per heavy atom. The third kappa shape index (κ3) is 3.33. The van der Waals surface area contributed by atoms with Crippen LogP contribution >= 0.6 is 11.3 Å². The lowest BCUT2D eigenvalue weighted by Gasteiger charge is -2.12. The summed E-state index contributed by atoms with van der Waals surface area (Å²) in [5, 5.41) is 11.5. The summed E-state index contributed by atoms with van der Waals surface area (Å²) in [4.78, 5) is 4.46. The Morgan fingerprint density at radius 1 is 1.42 bits per heavy atom. The highest BCUT2D eigenvalue weighted by Crippen LogP contribution is 2.27. The van der Waals surface area contributed by atoms with Crippen molar-refractivity contribution in [1.82, 2.24) is 4.98 Å². The van der Waals surface area contributed by atoms with Gasteiger partial charge in [0.2, 0.25) is 0 Å². The molecule has 0 saturated heterocycles. The van der Waals surface area contributed by atoms with Gasteiger partial charge in [0, 0.05) is 10.9 Å². The van der Waals surface area contributed by atoms with Crippen LogP contribution in [-0.4, -0.2) is 11.1 Å². The van der Waals surface area contributed by atoms with Crippen LogP contribution in [0.4, 0.5) is 0 Å². The van der Waals surface area contributed by atoms with Gasteiger partial charge in [-0.25, -0.2) is 4.98 Å². The molecule has 1 aromatic carbocycles. The maximum atomic E-state index is 8.66. The predicted octanol–water partition coefficient (Wildman–Crippen LogP) is 3.97. The molecule has 1 heterocycles. The second-order valence-electron chi connectivity index (χ2n) is 4.61. The molecule has 3 nitrogen and oxygen atoms in total. The monoisotopic (exact) mass is 272 g/mol. The lowest BCUT2D eigenvalue weighted by molar-refractivity contribution is 0.241. The number of aromatic nitrogens is 1. The molecule has 0 unspecified atom stereocenters. The highest BCUT2D eigenvalue weighted by atomic mass is 32.1. The Hall–Kier alpha value is -1.86. The lowest BCUT2D eigenvalue weighted by Crippen LogP contribution is -2.06. The molecule has 0 N–H and O–H groups in total. The Balaban J connectivity index is 2.25. The first kappa shape index (κ1) is 13.6. The van der Waals surface area contributed by atoms with Gasteiger partial charge in [0.25, 0.3) is 0 Å². The first-order valence-corrected chi connectivity index (χ1v) is 7.07. The highest BCUT2D eigenvalue weighted by Gasteiger charge is 2.08. The van der Waals surface area contributed by atoms with Gasteiger partial charge in [-0.15, -0.1) is 11.3 Å². The topological polar surface area (TPSA) is 45.9 Å². The average molecular weight is 272 g/mol. The Morgan fingerprint density at radius 3 is 2.84 bits per heavy atom. The van der Waals surface area contributed by atoms with Crippen molar-refractivity contribution in [2.75, 3.05) is 0 Å². The van der Waals surface area contributed by atoms with Gasteiger partial charge in [0.15, 0.2) is 0 Å². The van der Waals surface area contributed by atoms with Gasteiger partial charge < -0.3 is 4.74 Å². The second-order valence-corrected chi connectivity index (χ2v) is 5.55. The number of nitrogens with zero attached hydrogens (tertiary/aromatic N) is 2. The summed E-state index contributed by atoms with van der Waals surface area (Å²) in [6.07, 6.45) is 0.545. The molecule has 98 valence electrons. The van der Waals surface area contributed by atoms with Crippen LogP contribution in [0.5, 0.6) is 5.75 Å². The predicted molar refractivity (Wildman–Crippen MR) is 77.4 cm³/mol. The average Bonchev–Trinajstić information content (AvgIpc) is 2.80. The zero-order valence-electron chi connectivity index (χ0n) is 11.3. The molecule has 0 spiro atoms. The molecule has 0 bridgehead atoms. The molecule has 0 fully saturated rings. The first-order valence-electron chi connectivity index (χ1n) is 6.19. The van der Waals surface area contributed by atoms with E-state index in [0.717, 1.165) is 27.6 Å². The molecule has 2 rings (SSSR count). The maximum absolute atomic E-state index is 8.66. The molecule has 4 heteroatoms. The summed E-state index contributed by atoms with van der Waals surface area (Å²) in [6, 6.07) is 8.18. The van der Waals surface area contributed by atoms with Crippen LogP contribution in [0.15, 0.2) is 23.6 Å². The van der Waals surface area contributed by atoms with Crippen LogP contribution in [0, 0.1) is 18.3 Å². The normalized spacial score (nSPS) is 10.5. The summed E-state index contributed by atoms with van der Waals surface area (Å²) < 4.78 is 5.72. The minimum absolute atomic E-state index is 0.172. The maximum Gasteiger partial charge on any atom is 0.122 e. The molecule has 1 aromatic heterocycles. The van der Waals surface area contributed by atoms with Crippen LogP contribution in [0.3, 0.4) is 0 Å². The van der Waals surface area contributed by atoms with Gasteiger partial charge >= 0.3 is 0 Å². The molecule has 0 aliphatic rings. The molecular formula is C15H16N2OS. The molecule has 0 saturated carbocycles. The minimum atomic E-state index is 0.172. The molecule has 0 atom stereocenters. The van der Waals surface area contributed by atoms with E-state index in [1.165, 1.54) is 11.3 Å². The van der Waals surface area contributed by atoms with Crippen molar-refractivity contribution in [2.24, 2.45) is 0 Å². The van der Waals surface area contributed by atoms with Gasteiger partial charge in [-0.05, 0) is 44.5 Å². The Bertz CT molecular complexity index is 611. The van der Waals surface area contributed by atoms with Crippen molar-refractivity contribution in [3.05, 3.63) is 34.2 Å². The third-order valence-corrected chi connectivity index (χ3v) is 3.46. The smallest absolute Gasteiger partial charge is 0.122 e. The van der Waals surface area contributed by atoms with Crippen LogP contribution in [0.25, 0.3) is 11.3 Å². The van der Waals surface area contributed by atoms with E-state index in [-0.39, 0.29) is 6.10 Å². The fourth-order valence-corrected chi connectivity index (χ4v) is 2.52. The molecule has 19 heavy (non-hydrogen) atoms. The van der Waals surface area contributed by atoms with E-state index in [1.807, 2.05) is 38.3 Å². The Labute approximate surface area is 117 Å². The molecule has 0 amide bonds. The number of rotatable bonds is 4. The van der Waals surface area contributed by atoms with Crippen molar-refractivity contribution in [3.8, 4) is 23.1 Å². The number of hydrogen-bond acceptors (Lipinski definition) is 4. The van der Waals surface area contributed by atoms with Gasteiger partial charge in [-0.3, -0.25) is 0 Å². The minimum Gasteiger partial charge on any atom is -0.491 e. The number of aryl methyl sites for hydroxylation is 1. The van der Waals surface area contributed by atoms with Crippen LogP contribution in [-0.2, 0) is 6.42 Å². The van der Waals surface area contributed by atoms with Crippen LogP contribution in [0.2, 0.25) is 0 Å². The van der Waals surface area contributed by atoms with Gasteiger partial charge in [0.1, 0.15) is 10.8 Å². The molecule has 0 radical (unpaired) electrons. The zero-order valence-corrected chi connectivity index (χ0v) is 12.1. The summed E-state index contributed by atoms with van der Waals surface area (Å²) in [6.45, 7) is 6.06. The quantitative estimate of drug-likeness (QED) is 0.846. The van der Waals surface area contributed by atoms with E-state index >= 15 is 0 Å². The number of nitriles is 1. The van der Waals surface area contributed by atoms with Crippen molar-refractivity contribution in [1.29, 1.82) is 5.26 Å². The van der Waals surface area contributed by atoms with Crippen LogP contribution in [0.1, 0.15) is 24.4 Å². The fraction of sp³-hybridized carbons (Fsp3) is 0.333. The van der Waals surface area contributed by atoms with Gasteiger partial charge in [-0.1, -0.05) is 0 Å². The van der Waals surface area contributed by atoms with Gasteiger partial charge in [-0.2, -0.15) is 5.26 Å². The number of thiazole rings is 1. The van der Waals surface area contributed by atoms with Gasteiger partial charge in [0.05, 0.1) is 24.3 Å². The van der Waals surface area contributed by atoms with E-state index in [9.17, 15) is 0 Å². The molecular weight excluding hydrogens is 256 g/mol. The number of benzene rings is 1. The first-order chi connectivity index (χ1) is 9.10. The molecule has 0 aliphatic carbocycles. The summed E-state index contributed by atoms with van der Waals surface area (Å²) in [7, 11) is 0. The molecule has 0 aliphatic heterocycles. The SMILES string of the molecule is Cc1cc(-c2csc(CC#N)n2)ccc1OC(C)C. The largest absolute Gasteiger partial charge is 0.491 e. The van der Waals surface area contributed by atoms with Crippen molar-refractivity contribution in [2.45, 2.75) is 33.3 Å². The standard InChI is InChI=1S/C15H16N2OS/c1-10(2)18-14-5-4-12(8-11(14)3)13-9-19-15(17-13)6-7-16/h4-5,8-10H,6H2,1-3H3. The zero-order chi connectivity index (χ0) is 13.8. The van der Waals surface area contributed by atoms with Crippen molar-refractivity contribution in [3.63, 3.8) is 0 Å². The molecule has 2 aromatic rings. The summed E-state index contributed by atoms with van der Waals surface area (Å²) in [5.74, 6) is 0.909. The number of hydrogen-bond donors (Lipinski definition) is 0. The van der Waals surface area contributed by atoms with E-state index < -0.39 is 0 Å².